The van der Waals surface area contributed by atoms with Crippen molar-refractivity contribution in [3.8, 4) is 44.5 Å². The molecule has 65 heavy (non-hydrogen) atoms. The van der Waals surface area contributed by atoms with Gasteiger partial charge in [-0.05, 0) is 138 Å². The zero-order chi connectivity index (χ0) is 43.4. The largest absolute Gasteiger partial charge is 0.311 e. The second-order valence-electron chi connectivity index (χ2n) is 17.0. The Morgan fingerprint density at radius 1 is 0.246 bits per heavy atom. The van der Waals surface area contributed by atoms with Gasteiger partial charge in [0.15, 0.2) is 0 Å². The van der Waals surface area contributed by atoms with Crippen molar-refractivity contribution in [1.29, 1.82) is 0 Å². The topological polar surface area (TPSA) is 3.24 Å². The number of rotatable bonds is 11. The van der Waals surface area contributed by atoms with Gasteiger partial charge < -0.3 is 4.90 Å². The van der Waals surface area contributed by atoms with Crippen LogP contribution in [0.5, 0.6) is 0 Å². The number of fused-ring (bicyclic) bond motifs is 2. The van der Waals surface area contributed by atoms with Crippen LogP contribution in [-0.2, 0) is 6.42 Å². The van der Waals surface area contributed by atoms with Gasteiger partial charge in [-0.1, -0.05) is 218 Å². The van der Waals surface area contributed by atoms with Crippen molar-refractivity contribution < 1.29 is 0 Å². The lowest BCUT2D eigenvalue weighted by atomic mass is 9.85. The van der Waals surface area contributed by atoms with Crippen molar-refractivity contribution in [3.05, 3.63) is 284 Å². The molecule has 0 aliphatic heterocycles. The number of nitrogens with zero attached hydrogens (tertiary/aromatic N) is 1. The minimum absolute atomic E-state index is 0.250. The molecule has 11 rings (SSSR count). The van der Waals surface area contributed by atoms with E-state index in [1.165, 1.54) is 82.7 Å². The predicted molar refractivity (Wildman–Crippen MR) is 276 cm³/mol. The van der Waals surface area contributed by atoms with Crippen LogP contribution >= 0.6 is 0 Å². The average molecular weight is 830 g/mol. The lowest BCUT2D eigenvalue weighted by Gasteiger charge is -2.26. The van der Waals surface area contributed by atoms with Crippen LogP contribution in [0, 0.1) is 0 Å². The van der Waals surface area contributed by atoms with E-state index < -0.39 is 0 Å². The van der Waals surface area contributed by atoms with Crippen molar-refractivity contribution in [2.75, 3.05) is 4.90 Å². The second-order valence-corrected chi connectivity index (χ2v) is 17.0. The van der Waals surface area contributed by atoms with Crippen LogP contribution in [0.1, 0.15) is 22.6 Å². The van der Waals surface area contributed by atoms with Gasteiger partial charge in [-0.15, -0.1) is 0 Å². The fraction of sp³-hybridized carbons (Fsp3) is 0.0312. The molecule has 308 valence electrons. The Bertz CT molecular complexity index is 3340. The minimum Gasteiger partial charge on any atom is -0.311 e. The summed E-state index contributed by atoms with van der Waals surface area (Å²) < 4.78 is 0. The van der Waals surface area contributed by atoms with E-state index in [4.69, 9.17) is 0 Å². The Kier molecular flexibility index (Phi) is 10.9. The van der Waals surface area contributed by atoms with Gasteiger partial charge in [-0.2, -0.15) is 0 Å². The van der Waals surface area contributed by atoms with E-state index in [0.717, 1.165) is 23.5 Å². The fourth-order valence-electron chi connectivity index (χ4n) is 9.31. The molecule has 11 aromatic rings. The lowest BCUT2D eigenvalue weighted by Crippen LogP contribution is -2.09. The van der Waals surface area contributed by atoms with Crippen LogP contribution in [0.15, 0.2) is 267 Å². The van der Waals surface area contributed by atoms with Gasteiger partial charge in [0.1, 0.15) is 0 Å². The molecule has 0 spiro atoms. The van der Waals surface area contributed by atoms with Gasteiger partial charge in [-0.3, -0.25) is 0 Å². The van der Waals surface area contributed by atoms with Crippen LogP contribution in [0.4, 0.5) is 17.1 Å². The maximum atomic E-state index is 2.33. The van der Waals surface area contributed by atoms with E-state index in [0.29, 0.717) is 0 Å². The number of hydrogen-bond acceptors (Lipinski definition) is 1. The van der Waals surface area contributed by atoms with Crippen LogP contribution < -0.4 is 4.90 Å². The van der Waals surface area contributed by atoms with E-state index >= 15 is 0 Å². The highest BCUT2D eigenvalue weighted by Gasteiger charge is 2.17. The Morgan fingerprint density at radius 3 is 1.05 bits per heavy atom. The summed E-state index contributed by atoms with van der Waals surface area (Å²) in [6.07, 6.45) is 0.923. The highest BCUT2D eigenvalue weighted by Crippen LogP contribution is 2.38. The fourth-order valence-corrected chi connectivity index (χ4v) is 9.31. The summed E-state index contributed by atoms with van der Waals surface area (Å²) in [4.78, 5) is 2.33. The molecule has 1 atom stereocenters. The van der Waals surface area contributed by atoms with Crippen molar-refractivity contribution in [3.63, 3.8) is 0 Å². The monoisotopic (exact) mass is 829 g/mol. The molecule has 0 heterocycles. The van der Waals surface area contributed by atoms with Gasteiger partial charge in [0.2, 0.25) is 0 Å². The Morgan fingerprint density at radius 2 is 0.569 bits per heavy atom. The quantitative estimate of drug-likeness (QED) is 0.126. The summed E-state index contributed by atoms with van der Waals surface area (Å²) in [5, 5.41) is 5.05. The van der Waals surface area contributed by atoms with Crippen LogP contribution in [0.2, 0.25) is 0 Å². The molecule has 11 aromatic carbocycles. The third kappa shape index (κ3) is 8.48. The summed E-state index contributed by atoms with van der Waals surface area (Å²) >= 11 is 0. The van der Waals surface area contributed by atoms with E-state index in [1.807, 2.05) is 0 Å². The van der Waals surface area contributed by atoms with Crippen LogP contribution in [0.3, 0.4) is 0 Å². The summed E-state index contributed by atoms with van der Waals surface area (Å²) in [5.74, 6) is 0.250. The molecule has 0 amide bonds. The van der Waals surface area contributed by atoms with Crippen molar-refractivity contribution >= 4 is 38.6 Å². The third-order valence-electron chi connectivity index (χ3n) is 12.9. The van der Waals surface area contributed by atoms with Gasteiger partial charge in [0.25, 0.3) is 0 Å². The molecular formula is C64H47N. The molecule has 0 saturated heterocycles. The first-order valence-corrected chi connectivity index (χ1v) is 22.6. The van der Waals surface area contributed by atoms with E-state index in [-0.39, 0.29) is 5.92 Å². The smallest absolute Gasteiger partial charge is 0.0462 e. The van der Waals surface area contributed by atoms with Gasteiger partial charge in [0.05, 0.1) is 0 Å². The Hall–Kier alpha value is -8.26. The molecule has 0 fully saturated rings. The first kappa shape index (κ1) is 39.6. The standard InChI is InChI=1S/C64H47N/c1-3-13-55(14-4-1)64(56-31-27-53(28-32-56)59-33-29-47-11-7-9-15-57(47)44-59)43-46-19-21-49(22-20-46)50-23-25-51(26-24-50)52-35-39-62(40-36-52)65(61-17-5-2-6-18-61)63-41-37-54(38-42-63)60-34-30-48-12-8-10-16-58(48)45-60/h1-42,44-45,64H,43H2. The Balaban J connectivity index is 0.795. The second kappa shape index (κ2) is 17.8. The predicted octanol–water partition coefficient (Wildman–Crippen LogP) is 17.5. The first-order chi connectivity index (χ1) is 32.2. The molecule has 0 saturated carbocycles. The SMILES string of the molecule is c1ccc(C(Cc2ccc(-c3ccc(-c4ccc(N(c5ccccc5)c5ccc(-c6ccc7ccccc7c6)cc5)cc4)cc3)cc2)c2ccc(-c3ccc4ccccc4c3)cc2)cc1. The van der Waals surface area contributed by atoms with Crippen LogP contribution in [0.25, 0.3) is 66.1 Å². The van der Waals surface area contributed by atoms with Crippen molar-refractivity contribution in [2.24, 2.45) is 0 Å². The highest BCUT2D eigenvalue weighted by molar-refractivity contribution is 5.89. The molecule has 0 aromatic heterocycles. The molecule has 0 radical (unpaired) electrons. The van der Waals surface area contributed by atoms with Gasteiger partial charge in [0, 0.05) is 23.0 Å². The number of anilines is 3. The maximum Gasteiger partial charge on any atom is 0.0462 e. The molecule has 1 nitrogen and oxygen atoms in total. The van der Waals surface area contributed by atoms with Gasteiger partial charge >= 0.3 is 0 Å². The number of para-hydroxylation sites is 1. The zero-order valence-corrected chi connectivity index (χ0v) is 36.1. The average Bonchev–Trinajstić information content (AvgIpc) is 3.39. The van der Waals surface area contributed by atoms with E-state index in [1.54, 1.807) is 0 Å². The first-order valence-electron chi connectivity index (χ1n) is 22.6. The van der Waals surface area contributed by atoms with Gasteiger partial charge in [-0.25, -0.2) is 0 Å². The third-order valence-corrected chi connectivity index (χ3v) is 12.9. The summed E-state index contributed by atoms with van der Waals surface area (Å²) in [5.41, 5.74) is 17.1. The Labute approximate surface area is 382 Å². The summed E-state index contributed by atoms with van der Waals surface area (Å²) in [6, 6.07) is 97.2. The van der Waals surface area contributed by atoms with Crippen molar-refractivity contribution in [1.82, 2.24) is 0 Å². The molecule has 0 N–H and O–H groups in total. The molecule has 0 aliphatic rings. The molecule has 1 unspecified atom stereocenters. The molecular weight excluding hydrogens is 783 g/mol. The normalized spacial score (nSPS) is 11.7. The minimum atomic E-state index is 0.250. The zero-order valence-electron chi connectivity index (χ0n) is 36.1. The van der Waals surface area contributed by atoms with E-state index in [2.05, 4.69) is 272 Å². The summed E-state index contributed by atoms with van der Waals surface area (Å²) in [7, 11) is 0. The lowest BCUT2D eigenvalue weighted by molar-refractivity contribution is 0.805. The summed E-state index contributed by atoms with van der Waals surface area (Å²) in [6.45, 7) is 0. The van der Waals surface area contributed by atoms with Crippen molar-refractivity contribution in [2.45, 2.75) is 12.3 Å². The van der Waals surface area contributed by atoms with E-state index in [9.17, 15) is 0 Å². The molecule has 0 bridgehead atoms. The highest BCUT2D eigenvalue weighted by atomic mass is 15.1. The van der Waals surface area contributed by atoms with Crippen LogP contribution in [-0.4, -0.2) is 0 Å². The number of hydrogen-bond donors (Lipinski definition) is 0. The molecule has 1 heteroatoms. The maximum absolute atomic E-state index is 2.33. The molecule has 0 aliphatic carbocycles. The number of benzene rings is 11.